The zero-order valence-electron chi connectivity index (χ0n) is 14.3. The molecule has 132 valence electrons. The van der Waals surface area contributed by atoms with Crippen molar-refractivity contribution in [2.75, 3.05) is 12.0 Å². The van der Waals surface area contributed by atoms with Crippen molar-refractivity contribution < 1.29 is 4.21 Å². The number of aromatic amines is 1. The van der Waals surface area contributed by atoms with Gasteiger partial charge in [-0.2, -0.15) is 10.5 Å². The second kappa shape index (κ2) is 7.28. The smallest absolute Gasteiger partial charge is 0.268 e. The molecule has 27 heavy (non-hydrogen) atoms. The molecule has 7 heteroatoms. The first-order chi connectivity index (χ1) is 13.0. The van der Waals surface area contributed by atoms with Crippen molar-refractivity contribution in [2.45, 2.75) is 4.90 Å². The molecule has 0 amide bonds. The number of benzene rings is 2. The Kier molecular flexibility index (Phi) is 4.89. The monoisotopic (exact) mass is 374 g/mol. The van der Waals surface area contributed by atoms with Crippen LogP contribution in [0.1, 0.15) is 11.1 Å². The summed E-state index contributed by atoms with van der Waals surface area (Å²) in [5, 5.41) is 18.8. The van der Waals surface area contributed by atoms with E-state index in [9.17, 15) is 19.5 Å². The van der Waals surface area contributed by atoms with Crippen LogP contribution in [0.3, 0.4) is 0 Å². The van der Waals surface area contributed by atoms with E-state index in [1.165, 1.54) is 0 Å². The van der Waals surface area contributed by atoms with Gasteiger partial charge in [-0.1, -0.05) is 42.5 Å². The number of pyridine rings is 1. The van der Waals surface area contributed by atoms with Gasteiger partial charge in [0.15, 0.2) is 0 Å². The highest BCUT2D eigenvalue weighted by molar-refractivity contribution is 7.84. The van der Waals surface area contributed by atoms with Gasteiger partial charge in [-0.15, -0.1) is 0 Å². The molecular formula is C20H14N4O2S. The van der Waals surface area contributed by atoms with Gasteiger partial charge >= 0.3 is 0 Å². The molecule has 0 saturated heterocycles. The van der Waals surface area contributed by atoms with Crippen LogP contribution in [-0.2, 0) is 10.8 Å². The molecular weight excluding hydrogens is 360 g/mol. The number of rotatable bonds is 3. The van der Waals surface area contributed by atoms with Gasteiger partial charge in [0, 0.05) is 16.7 Å². The third-order valence-corrected chi connectivity index (χ3v) is 5.12. The Hall–Kier alpha value is -3.68. The second-order valence-electron chi connectivity index (χ2n) is 5.74. The van der Waals surface area contributed by atoms with E-state index < -0.39 is 16.4 Å². The second-order valence-corrected chi connectivity index (χ2v) is 7.09. The summed E-state index contributed by atoms with van der Waals surface area (Å²) in [5.41, 5.74) is 7.39. The fourth-order valence-electron chi connectivity index (χ4n) is 2.90. The van der Waals surface area contributed by atoms with Crippen molar-refractivity contribution in [3.8, 4) is 34.4 Å². The number of nitrogens with zero attached hydrogens (tertiary/aromatic N) is 2. The zero-order valence-corrected chi connectivity index (χ0v) is 15.1. The molecule has 0 aliphatic rings. The molecule has 0 spiro atoms. The van der Waals surface area contributed by atoms with Gasteiger partial charge < -0.3 is 10.7 Å². The van der Waals surface area contributed by atoms with Crippen molar-refractivity contribution in [2.24, 2.45) is 0 Å². The largest absolute Gasteiger partial charge is 0.384 e. The number of nitrogens with two attached hydrogens (primary N) is 1. The molecule has 0 saturated carbocycles. The van der Waals surface area contributed by atoms with E-state index in [0.717, 1.165) is 11.1 Å². The number of hydrogen-bond donors (Lipinski definition) is 2. The third kappa shape index (κ3) is 3.24. The molecule has 0 aliphatic carbocycles. The summed E-state index contributed by atoms with van der Waals surface area (Å²) in [7, 11) is -1.15. The van der Waals surface area contributed by atoms with Gasteiger partial charge in [0.05, 0.1) is 10.8 Å². The molecule has 6 nitrogen and oxygen atoms in total. The molecule has 0 radical (unpaired) electrons. The minimum Gasteiger partial charge on any atom is -0.384 e. The van der Waals surface area contributed by atoms with E-state index in [1.54, 1.807) is 36.6 Å². The van der Waals surface area contributed by atoms with Gasteiger partial charge in [0.25, 0.3) is 5.56 Å². The molecule has 1 aromatic heterocycles. The number of aromatic nitrogens is 1. The lowest BCUT2D eigenvalue weighted by molar-refractivity contribution is 0.687. The Morgan fingerprint density at radius 2 is 1.56 bits per heavy atom. The number of H-pyrrole nitrogens is 1. The van der Waals surface area contributed by atoms with Crippen molar-refractivity contribution in [1.82, 2.24) is 4.98 Å². The SMILES string of the molecule is CS(=O)c1ccccc1-c1ccc(-c2c(C#N)c(N)[nH]c(=O)c2C#N)cc1. The number of nitrogen functional groups attached to an aromatic ring is 1. The molecule has 0 bridgehead atoms. The molecule has 3 N–H and O–H groups in total. The van der Waals surface area contributed by atoms with Gasteiger partial charge in [-0.05, 0) is 22.8 Å². The van der Waals surface area contributed by atoms with Crippen LogP contribution in [0.25, 0.3) is 22.3 Å². The predicted molar refractivity (Wildman–Crippen MR) is 104 cm³/mol. The van der Waals surface area contributed by atoms with E-state index in [4.69, 9.17) is 5.73 Å². The van der Waals surface area contributed by atoms with E-state index in [1.807, 2.05) is 30.3 Å². The number of nitrogens with one attached hydrogen (secondary N) is 1. The number of hydrogen-bond acceptors (Lipinski definition) is 5. The van der Waals surface area contributed by atoms with E-state index >= 15 is 0 Å². The number of anilines is 1. The fourth-order valence-corrected chi connectivity index (χ4v) is 3.67. The minimum atomic E-state index is -1.15. The van der Waals surface area contributed by atoms with Gasteiger partial charge in [0.1, 0.15) is 29.1 Å². The van der Waals surface area contributed by atoms with Crippen molar-refractivity contribution >= 4 is 16.6 Å². The third-order valence-electron chi connectivity index (χ3n) is 4.15. The molecule has 1 atom stereocenters. The Bertz CT molecular complexity index is 1200. The van der Waals surface area contributed by atoms with Crippen molar-refractivity contribution in [1.29, 1.82) is 10.5 Å². The summed E-state index contributed by atoms with van der Waals surface area (Å²) >= 11 is 0. The van der Waals surface area contributed by atoms with Gasteiger partial charge in [0.2, 0.25) is 0 Å². The fraction of sp³-hybridized carbons (Fsp3) is 0.0500. The first kappa shape index (κ1) is 18.1. The lowest BCUT2D eigenvalue weighted by Crippen LogP contribution is -2.16. The molecule has 0 fully saturated rings. The van der Waals surface area contributed by atoms with Gasteiger partial charge in [-0.25, -0.2) is 0 Å². The van der Waals surface area contributed by atoms with Crippen LogP contribution >= 0.6 is 0 Å². The standard InChI is InChI=1S/C20H14N4O2S/c1-27(26)17-5-3-2-4-14(17)12-6-8-13(9-7-12)18-15(10-21)19(23)24-20(25)16(18)11-22/h2-9H,1H3,(H3,23,24,25). The van der Waals surface area contributed by atoms with E-state index in [0.29, 0.717) is 10.5 Å². The zero-order chi connectivity index (χ0) is 19.6. The summed E-state index contributed by atoms with van der Waals surface area (Å²) in [4.78, 5) is 15.1. The van der Waals surface area contributed by atoms with Crippen LogP contribution in [0.15, 0.2) is 58.2 Å². The summed E-state index contributed by atoms with van der Waals surface area (Å²) in [6, 6.07) is 18.2. The Morgan fingerprint density at radius 3 is 2.15 bits per heavy atom. The highest BCUT2D eigenvalue weighted by atomic mass is 32.2. The van der Waals surface area contributed by atoms with Crippen LogP contribution in [0.4, 0.5) is 5.82 Å². The molecule has 3 aromatic rings. The van der Waals surface area contributed by atoms with Crippen LogP contribution in [-0.4, -0.2) is 15.4 Å². The van der Waals surface area contributed by atoms with Crippen molar-refractivity contribution in [3.63, 3.8) is 0 Å². The lowest BCUT2D eigenvalue weighted by atomic mass is 9.95. The van der Waals surface area contributed by atoms with Crippen LogP contribution in [0.2, 0.25) is 0 Å². The molecule has 2 aromatic carbocycles. The van der Waals surface area contributed by atoms with Crippen LogP contribution in [0.5, 0.6) is 0 Å². The molecule has 1 unspecified atom stereocenters. The van der Waals surface area contributed by atoms with Crippen LogP contribution < -0.4 is 11.3 Å². The Balaban J connectivity index is 2.19. The summed E-state index contributed by atoms with van der Waals surface area (Å²) < 4.78 is 12.0. The normalized spacial score (nSPS) is 11.4. The maximum atomic E-state index is 12.0. The average molecular weight is 374 g/mol. The van der Waals surface area contributed by atoms with Gasteiger partial charge in [-0.3, -0.25) is 9.00 Å². The first-order valence-electron chi connectivity index (χ1n) is 7.87. The summed E-state index contributed by atoms with van der Waals surface area (Å²) in [5.74, 6) is -0.0766. The maximum Gasteiger partial charge on any atom is 0.268 e. The lowest BCUT2D eigenvalue weighted by Gasteiger charge is -2.11. The van der Waals surface area contributed by atoms with Crippen molar-refractivity contribution in [3.05, 3.63) is 70.0 Å². The van der Waals surface area contributed by atoms with E-state index in [-0.39, 0.29) is 22.5 Å². The van der Waals surface area contributed by atoms with E-state index in [2.05, 4.69) is 4.98 Å². The molecule has 1 heterocycles. The maximum absolute atomic E-state index is 12.0. The highest BCUT2D eigenvalue weighted by Crippen LogP contribution is 2.31. The Labute approximate surface area is 158 Å². The first-order valence-corrected chi connectivity index (χ1v) is 9.43. The minimum absolute atomic E-state index is 0.0500. The number of nitriles is 2. The highest BCUT2D eigenvalue weighted by Gasteiger charge is 2.18. The predicted octanol–water partition coefficient (Wildman–Crippen LogP) is 2.77. The van der Waals surface area contributed by atoms with Crippen LogP contribution in [0, 0.1) is 22.7 Å². The molecule has 0 aliphatic heterocycles. The summed E-state index contributed by atoms with van der Waals surface area (Å²) in [6.07, 6.45) is 1.62. The summed E-state index contributed by atoms with van der Waals surface area (Å²) in [6.45, 7) is 0. The average Bonchev–Trinajstić information content (AvgIpc) is 2.67. The molecule has 3 rings (SSSR count). The Morgan fingerprint density at radius 1 is 0.963 bits per heavy atom. The quantitative estimate of drug-likeness (QED) is 0.729. The topological polar surface area (TPSA) is 124 Å².